The molecule has 7 heteroatoms. The van der Waals surface area contributed by atoms with Crippen molar-refractivity contribution in [2.75, 3.05) is 7.05 Å². The molecule has 1 atom stereocenters. The van der Waals surface area contributed by atoms with Crippen LogP contribution >= 0.6 is 0 Å². The van der Waals surface area contributed by atoms with Crippen LogP contribution in [-0.4, -0.2) is 29.8 Å². The van der Waals surface area contributed by atoms with Crippen LogP contribution in [-0.2, 0) is 17.5 Å². The Morgan fingerprint density at radius 2 is 1.63 bits per heavy atom. The molecule has 0 spiro atoms. The highest BCUT2D eigenvalue weighted by Crippen LogP contribution is 2.29. The molecule has 0 saturated heterocycles. The highest BCUT2D eigenvalue weighted by Gasteiger charge is 2.30. The lowest BCUT2D eigenvalue weighted by Crippen LogP contribution is -2.37. The molecule has 0 bridgehead atoms. The molecule has 0 radical (unpaired) electrons. The van der Waals surface area contributed by atoms with Crippen molar-refractivity contribution in [1.29, 1.82) is 0 Å². The van der Waals surface area contributed by atoms with Gasteiger partial charge in [0.15, 0.2) is 0 Å². The second-order valence-electron chi connectivity index (χ2n) is 6.39. The largest absolute Gasteiger partial charge is 0.416 e. The molecule has 0 aliphatic rings. The minimum absolute atomic E-state index is 0.0930. The number of amides is 2. The molecule has 144 valence electrons. The molecular weight excluding hydrogens is 357 g/mol. The van der Waals surface area contributed by atoms with Gasteiger partial charge in [-0.1, -0.05) is 30.3 Å². The molecule has 2 rings (SSSR count). The zero-order valence-corrected chi connectivity index (χ0v) is 15.1. The molecule has 0 unspecified atom stereocenters. The summed E-state index contributed by atoms with van der Waals surface area (Å²) in [6.45, 7) is 1.92. The number of hydrogen-bond donors (Lipinski definition) is 1. The molecule has 4 nitrogen and oxygen atoms in total. The second kappa shape index (κ2) is 8.70. The molecule has 0 fully saturated rings. The number of hydrogen-bond acceptors (Lipinski definition) is 2. The Bertz CT molecular complexity index is 774. The van der Waals surface area contributed by atoms with Crippen molar-refractivity contribution in [3.63, 3.8) is 0 Å². The summed E-state index contributed by atoms with van der Waals surface area (Å²) in [4.78, 5) is 25.8. The molecule has 2 amide bonds. The molecule has 27 heavy (non-hydrogen) atoms. The normalized spacial score (nSPS) is 12.3. The summed E-state index contributed by atoms with van der Waals surface area (Å²) in [5.41, 5.74) is 0.382. The summed E-state index contributed by atoms with van der Waals surface area (Å²) in [6, 6.07) is 13.0. The van der Waals surface area contributed by atoms with Crippen molar-refractivity contribution in [3.8, 4) is 0 Å². The highest BCUT2D eigenvalue weighted by molar-refractivity contribution is 5.94. The standard InChI is InChI=1S/C20H21F3N2O2/c1-14(24-19(27)16-6-4-3-5-7-16)12-18(26)25(2)13-15-8-10-17(11-9-15)20(21,22)23/h3-11,14H,12-13H2,1-2H3,(H,24,27)/t14-/m1/s1. The quantitative estimate of drug-likeness (QED) is 0.830. The lowest BCUT2D eigenvalue weighted by molar-refractivity contribution is -0.137. The van der Waals surface area contributed by atoms with Crippen molar-refractivity contribution < 1.29 is 22.8 Å². The Morgan fingerprint density at radius 1 is 1.04 bits per heavy atom. The van der Waals surface area contributed by atoms with Gasteiger partial charge in [0.25, 0.3) is 5.91 Å². The Labute approximate surface area is 156 Å². The van der Waals surface area contributed by atoms with Crippen LogP contribution in [0.2, 0.25) is 0 Å². The average molecular weight is 378 g/mol. The number of halogens is 3. The molecule has 0 heterocycles. The van der Waals surface area contributed by atoms with Crippen LogP contribution in [0.25, 0.3) is 0 Å². The molecule has 0 aliphatic heterocycles. The van der Waals surface area contributed by atoms with E-state index in [0.717, 1.165) is 12.1 Å². The molecule has 2 aromatic carbocycles. The molecule has 0 aromatic heterocycles. The van der Waals surface area contributed by atoms with Gasteiger partial charge in [0.2, 0.25) is 5.91 Å². The third-order valence-electron chi connectivity index (χ3n) is 4.02. The van der Waals surface area contributed by atoms with Crippen molar-refractivity contribution in [3.05, 3.63) is 71.3 Å². The van der Waals surface area contributed by atoms with Gasteiger partial charge in [-0.2, -0.15) is 13.2 Å². The van der Waals surface area contributed by atoms with Crippen molar-refractivity contribution in [1.82, 2.24) is 10.2 Å². The fraction of sp³-hybridized carbons (Fsp3) is 0.300. The smallest absolute Gasteiger partial charge is 0.349 e. The van der Waals surface area contributed by atoms with Gasteiger partial charge in [0.05, 0.1) is 5.56 Å². The monoisotopic (exact) mass is 378 g/mol. The van der Waals surface area contributed by atoms with E-state index >= 15 is 0 Å². The molecule has 0 saturated carbocycles. The molecule has 2 aromatic rings. The van der Waals surface area contributed by atoms with E-state index in [4.69, 9.17) is 0 Å². The predicted octanol–water partition coefficient (Wildman–Crippen LogP) is 3.87. The minimum Gasteiger partial charge on any atom is -0.349 e. The maximum absolute atomic E-state index is 12.6. The third-order valence-corrected chi connectivity index (χ3v) is 4.02. The van der Waals surface area contributed by atoms with E-state index in [1.165, 1.54) is 17.0 Å². The number of nitrogens with zero attached hydrogens (tertiary/aromatic N) is 1. The van der Waals surface area contributed by atoms with E-state index in [9.17, 15) is 22.8 Å². The van der Waals surface area contributed by atoms with Crippen LogP contribution in [0.5, 0.6) is 0 Å². The highest BCUT2D eigenvalue weighted by atomic mass is 19.4. The Balaban J connectivity index is 1.86. The van der Waals surface area contributed by atoms with Crippen molar-refractivity contribution >= 4 is 11.8 Å². The molecule has 1 N–H and O–H groups in total. The first-order valence-electron chi connectivity index (χ1n) is 8.43. The number of carbonyl (C=O) groups excluding carboxylic acids is 2. The maximum atomic E-state index is 12.6. The number of carbonyl (C=O) groups is 2. The number of benzene rings is 2. The van der Waals surface area contributed by atoms with E-state index < -0.39 is 11.7 Å². The van der Waals surface area contributed by atoms with E-state index in [1.54, 1.807) is 44.3 Å². The SMILES string of the molecule is C[C@H](CC(=O)N(C)Cc1ccc(C(F)(F)F)cc1)NC(=O)c1ccccc1. The van der Waals surface area contributed by atoms with Crippen molar-refractivity contribution in [2.45, 2.75) is 32.1 Å². The summed E-state index contributed by atoms with van der Waals surface area (Å²) in [6.07, 6.45) is -4.29. The summed E-state index contributed by atoms with van der Waals surface area (Å²) in [5.74, 6) is -0.475. The van der Waals surface area contributed by atoms with Crippen LogP contribution < -0.4 is 5.32 Å². The van der Waals surface area contributed by atoms with Gasteiger partial charge < -0.3 is 10.2 Å². The predicted molar refractivity (Wildman–Crippen MR) is 95.9 cm³/mol. The first kappa shape index (κ1) is 20.5. The Hall–Kier alpha value is -2.83. The molecule has 0 aliphatic carbocycles. The lowest BCUT2D eigenvalue weighted by Gasteiger charge is -2.21. The van der Waals surface area contributed by atoms with Gasteiger partial charge in [0.1, 0.15) is 0 Å². The third kappa shape index (κ3) is 6.13. The van der Waals surface area contributed by atoms with Gasteiger partial charge in [0, 0.05) is 31.6 Å². The van der Waals surface area contributed by atoms with Crippen LogP contribution in [0.15, 0.2) is 54.6 Å². The van der Waals surface area contributed by atoms with Gasteiger partial charge in [-0.15, -0.1) is 0 Å². The van der Waals surface area contributed by atoms with Crippen molar-refractivity contribution in [2.24, 2.45) is 0 Å². The Morgan fingerprint density at radius 3 is 2.19 bits per heavy atom. The molecular formula is C20H21F3N2O2. The van der Waals surface area contributed by atoms with E-state index in [0.29, 0.717) is 11.1 Å². The van der Waals surface area contributed by atoms with Gasteiger partial charge in [-0.3, -0.25) is 9.59 Å². The van der Waals surface area contributed by atoms with Gasteiger partial charge in [-0.05, 0) is 36.8 Å². The van der Waals surface area contributed by atoms with E-state index in [-0.39, 0.29) is 30.8 Å². The summed E-state index contributed by atoms with van der Waals surface area (Å²) < 4.78 is 37.7. The zero-order chi connectivity index (χ0) is 20.0. The minimum atomic E-state index is -4.38. The number of nitrogens with one attached hydrogen (secondary N) is 1. The lowest BCUT2D eigenvalue weighted by atomic mass is 10.1. The summed E-state index contributed by atoms with van der Waals surface area (Å²) in [5, 5.41) is 2.76. The van der Waals surface area contributed by atoms with Crippen LogP contribution in [0.3, 0.4) is 0 Å². The first-order chi connectivity index (χ1) is 12.7. The van der Waals surface area contributed by atoms with Gasteiger partial charge in [-0.25, -0.2) is 0 Å². The van der Waals surface area contributed by atoms with Gasteiger partial charge >= 0.3 is 6.18 Å². The average Bonchev–Trinajstić information content (AvgIpc) is 2.62. The summed E-state index contributed by atoms with van der Waals surface area (Å²) in [7, 11) is 1.58. The fourth-order valence-electron chi connectivity index (χ4n) is 2.53. The number of rotatable bonds is 6. The maximum Gasteiger partial charge on any atom is 0.416 e. The number of alkyl halides is 3. The summed E-state index contributed by atoms with van der Waals surface area (Å²) >= 11 is 0. The van der Waals surface area contributed by atoms with Crippen LogP contribution in [0.4, 0.5) is 13.2 Å². The topological polar surface area (TPSA) is 49.4 Å². The first-order valence-corrected chi connectivity index (χ1v) is 8.43. The van der Waals surface area contributed by atoms with Crippen LogP contribution in [0, 0.1) is 0 Å². The zero-order valence-electron chi connectivity index (χ0n) is 15.1. The Kier molecular flexibility index (Phi) is 6.60. The van der Waals surface area contributed by atoms with E-state index in [1.807, 2.05) is 0 Å². The second-order valence-corrected chi connectivity index (χ2v) is 6.39. The fourth-order valence-corrected chi connectivity index (χ4v) is 2.53. The van der Waals surface area contributed by atoms with Crippen LogP contribution in [0.1, 0.15) is 34.8 Å². The van der Waals surface area contributed by atoms with E-state index in [2.05, 4.69) is 5.32 Å².